The first-order valence-electron chi connectivity index (χ1n) is 6.64. The molecule has 8 heteroatoms. The van der Waals surface area contributed by atoms with Crippen molar-refractivity contribution in [1.82, 2.24) is 5.32 Å². The summed E-state index contributed by atoms with van der Waals surface area (Å²) in [5.74, 6) is 0.541. The quantitative estimate of drug-likeness (QED) is 0.397. The predicted molar refractivity (Wildman–Crippen MR) is 93.3 cm³/mol. The lowest BCUT2D eigenvalue weighted by atomic mass is 10.2. The summed E-state index contributed by atoms with van der Waals surface area (Å²) in [5, 5.41) is 3.02. The third kappa shape index (κ3) is 7.10. The second-order valence-electron chi connectivity index (χ2n) is 4.52. The number of nitrogens with zero attached hydrogens (tertiary/aromatic N) is 1. The number of guanidine groups is 1. The molecule has 0 spiro atoms. The summed E-state index contributed by atoms with van der Waals surface area (Å²) in [5.41, 5.74) is 6.43. The van der Waals surface area contributed by atoms with Crippen molar-refractivity contribution in [3.63, 3.8) is 0 Å². The maximum atomic E-state index is 12.3. The molecule has 0 fully saturated rings. The standard InChI is InChI=1S/C14H21F2N3O2.HI/c1-4-9(2)19-14(17)18-8-10-5-6-11(20-3)12(7-10)21-13(15)16;/h5-7,9,13H,4,8H2,1-3H3,(H3,17,18,19);1H. The Kier molecular flexibility index (Phi) is 9.79. The summed E-state index contributed by atoms with van der Waals surface area (Å²) >= 11 is 0. The molecule has 0 heterocycles. The number of nitrogens with two attached hydrogens (primary N) is 1. The largest absolute Gasteiger partial charge is 0.493 e. The van der Waals surface area contributed by atoms with E-state index in [-0.39, 0.29) is 48.1 Å². The van der Waals surface area contributed by atoms with Gasteiger partial charge >= 0.3 is 6.61 Å². The number of nitrogens with one attached hydrogen (secondary N) is 1. The van der Waals surface area contributed by atoms with Crippen molar-refractivity contribution in [2.45, 2.75) is 39.5 Å². The molecule has 1 unspecified atom stereocenters. The number of aliphatic imine (C=N–C) groups is 1. The summed E-state index contributed by atoms with van der Waals surface area (Å²) in [7, 11) is 1.39. The summed E-state index contributed by atoms with van der Waals surface area (Å²) in [6.07, 6.45) is 0.922. The van der Waals surface area contributed by atoms with Crippen LogP contribution in [0.15, 0.2) is 23.2 Å². The van der Waals surface area contributed by atoms with E-state index in [9.17, 15) is 8.78 Å². The van der Waals surface area contributed by atoms with Crippen molar-refractivity contribution in [2.24, 2.45) is 10.7 Å². The molecule has 1 aromatic rings. The Labute approximate surface area is 146 Å². The van der Waals surface area contributed by atoms with Crippen molar-refractivity contribution in [3.05, 3.63) is 23.8 Å². The second kappa shape index (κ2) is 10.4. The fraction of sp³-hybridized carbons (Fsp3) is 0.500. The highest BCUT2D eigenvalue weighted by atomic mass is 127. The van der Waals surface area contributed by atoms with E-state index in [1.54, 1.807) is 12.1 Å². The smallest absolute Gasteiger partial charge is 0.387 e. The average molecular weight is 429 g/mol. The number of hydrogen-bond donors (Lipinski definition) is 2. The Balaban J connectivity index is 0.00000441. The molecule has 0 aliphatic heterocycles. The maximum Gasteiger partial charge on any atom is 0.387 e. The van der Waals surface area contributed by atoms with E-state index in [2.05, 4.69) is 15.0 Å². The third-order valence-electron chi connectivity index (χ3n) is 2.88. The van der Waals surface area contributed by atoms with Crippen LogP contribution in [0.1, 0.15) is 25.8 Å². The van der Waals surface area contributed by atoms with E-state index < -0.39 is 6.61 Å². The van der Waals surface area contributed by atoms with Crippen LogP contribution in [0.25, 0.3) is 0 Å². The number of hydrogen-bond acceptors (Lipinski definition) is 3. The van der Waals surface area contributed by atoms with Gasteiger partial charge in [-0.1, -0.05) is 13.0 Å². The average Bonchev–Trinajstić information content (AvgIpc) is 2.44. The Bertz CT molecular complexity index is 487. The molecule has 0 radical (unpaired) electrons. The van der Waals surface area contributed by atoms with E-state index >= 15 is 0 Å². The molecular weight excluding hydrogens is 407 g/mol. The third-order valence-corrected chi connectivity index (χ3v) is 2.88. The molecule has 0 aliphatic rings. The molecule has 1 rings (SSSR count). The topological polar surface area (TPSA) is 68.9 Å². The number of methoxy groups -OCH3 is 1. The fourth-order valence-corrected chi connectivity index (χ4v) is 1.58. The first-order chi connectivity index (χ1) is 9.96. The fourth-order valence-electron chi connectivity index (χ4n) is 1.58. The molecule has 1 atom stereocenters. The van der Waals surface area contributed by atoms with E-state index in [4.69, 9.17) is 10.5 Å². The van der Waals surface area contributed by atoms with Gasteiger partial charge in [0.15, 0.2) is 17.5 Å². The van der Waals surface area contributed by atoms with Gasteiger partial charge in [-0.05, 0) is 31.0 Å². The number of halogens is 3. The van der Waals surface area contributed by atoms with E-state index in [1.165, 1.54) is 13.2 Å². The van der Waals surface area contributed by atoms with Gasteiger partial charge < -0.3 is 20.5 Å². The Hall–Kier alpha value is -1.32. The molecule has 0 bridgehead atoms. The first kappa shape index (κ1) is 20.7. The zero-order valence-electron chi connectivity index (χ0n) is 12.8. The van der Waals surface area contributed by atoms with Crippen LogP contribution in [0, 0.1) is 0 Å². The molecule has 5 nitrogen and oxygen atoms in total. The minimum atomic E-state index is -2.91. The van der Waals surface area contributed by atoms with Crippen LogP contribution in [0.5, 0.6) is 11.5 Å². The zero-order valence-corrected chi connectivity index (χ0v) is 15.1. The lowest BCUT2D eigenvalue weighted by Crippen LogP contribution is -2.38. The number of rotatable bonds is 7. The highest BCUT2D eigenvalue weighted by molar-refractivity contribution is 14.0. The Morgan fingerprint density at radius 3 is 2.59 bits per heavy atom. The van der Waals surface area contributed by atoms with Gasteiger partial charge in [-0.15, -0.1) is 24.0 Å². The van der Waals surface area contributed by atoms with E-state index in [0.717, 1.165) is 6.42 Å². The molecule has 0 aromatic heterocycles. The molecule has 1 aromatic carbocycles. The minimum Gasteiger partial charge on any atom is -0.493 e. The number of ether oxygens (including phenoxy) is 2. The van der Waals surface area contributed by atoms with Crippen LogP contribution in [0.3, 0.4) is 0 Å². The molecule has 0 saturated heterocycles. The van der Waals surface area contributed by atoms with Crippen molar-refractivity contribution in [1.29, 1.82) is 0 Å². The van der Waals surface area contributed by atoms with E-state index in [1.807, 2.05) is 13.8 Å². The van der Waals surface area contributed by atoms with Gasteiger partial charge in [-0.25, -0.2) is 4.99 Å². The normalized spacial score (nSPS) is 12.5. The van der Waals surface area contributed by atoms with Crippen molar-refractivity contribution >= 4 is 29.9 Å². The van der Waals surface area contributed by atoms with Gasteiger partial charge in [0.2, 0.25) is 0 Å². The molecule has 0 amide bonds. The van der Waals surface area contributed by atoms with Crippen molar-refractivity contribution in [2.75, 3.05) is 7.11 Å². The van der Waals surface area contributed by atoms with Gasteiger partial charge in [0.25, 0.3) is 0 Å². The molecule has 0 saturated carbocycles. The SMILES string of the molecule is CCC(C)NC(N)=NCc1ccc(OC)c(OC(F)F)c1.I. The van der Waals surface area contributed by atoms with Crippen molar-refractivity contribution in [3.8, 4) is 11.5 Å². The van der Waals surface area contributed by atoms with Crippen LogP contribution in [0.2, 0.25) is 0 Å². The molecule has 126 valence electrons. The summed E-state index contributed by atoms with van der Waals surface area (Å²) in [6, 6.07) is 4.96. The Morgan fingerprint density at radius 2 is 2.05 bits per heavy atom. The highest BCUT2D eigenvalue weighted by Crippen LogP contribution is 2.29. The van der Waals surface area contributed by atoms with Gasteiger partial charge in [0.1, 0.15) is 0 Å². The molecule has 22 heavy (non-hydrogen) atoms. The Morgan fingerprint density at radius 1 is 1.36 bits per heavy atom. The minimum absolute atomic E-state index is 0. The van der Waals surface area contributed by atoms with Crippen LogP contribution < -0.4 is 20.5 Å². The monoisotopic (exact) mass is 429 g/mol. The molecule has 3 N–H and O–H groups in total. The summed E-state index contributed by atoms with van der Waals surface area (Å²) in [6.45, 7) is 1.38. The molecular formula is C14H22F2IN3O2. The van der Waals surface area contributed by atoms with Crippen LogP contribution in [-0.4, -0.2) is 25.7 Å². The van der Waals surface area contributed by atoms with Crippen LogP contribution >= 0.6 is 24.0 Å². The zero-order chi connectivity index (χ0) is 15.8. The lowest BCUT2D eigenvalue weighted by molar-refractivity contribution is -0.0512. The van der Waals surface area contributed by atoms with Crippen molar-refractivity contribution < 1.29 is 18.3 Å². The summed E-state index contributed by atoms with van der Waals surface area (Å²) < 4.78 is 34.0. The van der Waals surface area contributed by atoms with Gasteiger partial charge in [0.05, 0.1) is 13.7 Å². The molecule has 0 aliphatic carbocycles. The van der Waals surface area contributed by atoms with Gasteiger partial charge in [0, 0.05) is 6.04 Å². The van der Waals surface area contributed by atoms with Crippen LogP contribution in [-0.2, 0) is 6.54 Å². The number of benzene rings is 1. The maximum absolute atomic E-state index is 12.3. The van der Waals surface area contributed by atoms with Crippen LogP contribution in [0.4, 0.5) is 8.78 Å². The number of alkyl halides is 2. The summed E-state index contributed by atoms with van der Waals surface area (Å²) in [4.78, 5) is 4.16. The predicted octanol–water partition coefficient (Wildman–Crippen LogP) is 3.12. The van der Waals surface area contributed by atoms with Gasteiger partial charge in [-0.3, -0.25) is 0 Å². The first-order valence-corrected chi connectivity index (χ1v) is 6.64. The van der Waals surface area contributed by atoms with Gasteiger partial charge in [-0.2, -0.15) is 8.78 Å². The highest BCUT2D eigenvalue weighted by Gasteiger charge is 2.11. The second-order valence-corrected chi connectivity index (χ2v) is 4.52. The van der Waals surface area contributed by atoms with E-state index in [0.29, 0.717) is 11.5 Å². The lowest BCUT2D eigenvalue weighted by Gasteiger charge is -2.12.